The first-order chi connectivity index (χ1) is 55.6. The van der Waals surface area contributed by atoms with Crippen LogP contribution >= 0.6 is 0 Å². The quantitative estimate of drug-likeness (QED) is 0.109. The summed E-state index contributed by atoms with van der Waals surface area (Å²) in [5.74, 6) is 0. The molecule has 0 bridgehead atoms. The van der Waals surface area contributed by atoms with Gasteiger partial charge in [0.2, 0.25) is 0 Å². The summed E-state index contributed by atoms with van der Waals surface area (Å²) in [6.45, 7) is 0. The second-order valence-corrected chi connectivity index (χ2v) is 41.7. The zero-order valence-electron chi connectivity index (χ0n) is 67.1. The molecule has 0 atom stereocenters. The van der Waals surface area contributed by atoms with Gasteiger partial charge in [0.15, 0.2) is 0 Å². The molecule has 4 nitrogen and oxygen atoms in total. The second kappa shape index (κ2) is 25.5. The van der Waals surface area contributed by atoms with Crippen molar-refractivity contribution in [1.82, 2.24) is 18.3 Å². The first-order valence-electron chi connectivity index (χ1n) is 40.2. The van der Waals surface area contributed by atoms with Gasteiger partial charge in [-0.2, -0.15) is 0 Å². The molecular formula is C96H68Ge2N4. The second-order valence-electron chi connectivity index (χ2n) is 25.8. The topological polar surface area (TPSA) is 19.7 Å². The van der Waals surface area contributed by atoms with Crippen molar-refractivity contribution in [3.05, 3.63) is 412 Å². The third-order valence-corrected chi connectivity index (χ3v) is 40.5. The molecule has 4 aromatic heterocycles. The molecule has 0 saturated carbocycles. The third-order valence-electron chi connectivity index (χ3n) is 20.5. The van der Waals surface area contributed by atoms with Crippen LogP contribution in [0.1, 0.15) is 16.4 Å². The minimum absolute atomic E-state index is 0.0223. The number of benzene rings is 16. The number of rotatable bonds is 12. The molecule has 0 saturated heterocycles. The van der Waals surface area contributed by atoms with Gasteiger partial charge in [-0.3, -0.25) is 0 Å². The van der Waals surface area contributed by atoms with Crippen LogP contribution < -0.4 is 35.2 Å². The van der Waals surface area contributed by atoms with Crippen LogP contribution in [0.15, 0.2) is 412 Å². The SMILES string of the molecule is [2H]c1c([2H])c([2H])c2c(c1[2H])c1c([2H])c([2H])c([2H])c([2H])c1n2-c1ccc2c(c1)c1ccccc1n2-c1ccc[c]([Ge]([c]2ccccc2)([c]2ccccc2)[c]2ccccc2)c1.[2H]c1c([2H])c([2H])c2c(c1[2H])c1ccccc1n2-c1ccc2c(c1)c1ccccc1n2-c1ccc[c]([Ge]([c]2ccccc2)([c]2ccccc2)[c]2ccccc2)c1. The molecule has 0 radical (unpaired) electrons. The molecule has 0 N–H and O–H groups in total. The number of fused-ring (bicyclic) bond motifs is 12. The van der Waals surface area contributed by atoms with Gasteiger partial charge in [0.25, 0.3) is 0 Å². The van der Waals surface area contributed by atoms with Crippen LogP contribution in [-0.2, 0) is 0 Å². The van der Waals surface area contributed by atoms with E-state index in [1.54, 1.807) is 4.57 Å². The average molecular weight is 1430 g/mol. The first kappa shape index (κ1) is 49.3. The molecule has 0 aliphatic rings. The van der Waals surface area contributed by atoms with Crippen molar-refractivity contribution in [2.24, 2.45) is 0 Å². The van der Waals surface area contributed by atoms with Crippen LogP contribution in [0.3, 0.4) is 0 Å². The van der Waals surface area contributed by atoms with Gasteiger partial charge in [0, 0.05) is 0 Å². The van der Waals surface area contributed by atoms with Crippen molar-refractivity contribution in [3.63, 3.8) is 0 Å². The van der Waals surface area contributed by atoms with Crippen molar-refractivity contribution in [2.75, 3.05) is 0 Å². The normalized spacial score (nSPS) is 13.6. The van der Waals surface area contributed by atoms with Gasteiger partial charge in [-0.25, -0.2) is 0 Å². The molecule has 6 heteroatoms. The van der Waals surface area contributed by atoms with Crippen LogP contribution in [-0.4, -0.2) is 44.8 Å². The molecule has 0 spiro atoms. The van der Waals surface area contributed by atoms with Crippen molar-refractivity contribution < 1.29 is 16.4 Å². The fourth-order valence-corrected chi connectivity index (χ4v) is 36.3. The van der Waals surface area contributed by atoms with Crippen molar-refractivity contribution in [1.29, 1.82) is 0 Å². The van der Waals surface area contributed by atoms with Gasteiger partial charge in [-0.15, -0.1) is 0 Å². The Morgan fingerprint density at radius 2 is 0.402 bits per heavy atom. The molecule has 0 amide bonds. The van der Waals surface area contributed by atoms with E-state index in [4.69, 9.17) is 16.4 Å². The summed E-state index contributed by atoms with van der Waals surface area (Å²) in [4.78, 5) is 0. The summed E-state index contributed by atoms with van der Waals surface area (Å²) in [7, 11) is 0. The van der Waals surface area contributed by atoms with Gasteiger partial charge in [-0.1, -0.05) is 24.2 Å². The van der Waals surface area contributed by atoms with E-state index in [1.807, 2.05) is 59.2 Å². The van der Waals surface area contributed by atoms with Crippen molar-refractivity contribution >= 4 is 149 Å². The Kier molecular flexibility index (Phi) is 12.3. The van der Waals surface area contributed by atoms with Crippen LogP contribution in [0.25, 0.3) is 110 Å². The van der Waals surface area contributed by atoms with Gasteiger partial charge in [0.1, 0.15) is 0 Å². The van der Waals surface area contributed by atoms with E-state index in [2.05, 4.69) is 294 Å². The van der Waals surface area contributed by atoms with E-state index >= 15 is 0 Å². The molecule has 480 valence electrons. The standard InChI is InChI=1S/2C48H34GeN2/c2*1-4-17-35(18-5-1)49(36-19-6-2-7-20-36,37-21-8-3-9-22-37)38-23-16-24-39(33-38)50-47-30-15-12-27-43(47)44-34-40(31-32-48(44)50)51-45-28-13-10-25-41(45)42-26-11-14-29-46(42)51/h2*1-34H/i10D,11D,13D,14D,25D,26D,28D,29D;10D,13D,25D,28D. The molecule has 0 aliphatic heterocycles. The maximum atomic E-state index is 9.04. The molecule has 0 fully saturated rings. The van der Waals surface area contributed by atoms with Gasteiger partial charge >= 0.3 is 582 Å². The number of aromatic nitrogens is 4. The monoisotopic (exact) mass is 1440 g/mol. The number of hydrogen-bond donors (Lipinski definition) is 0. The van der Waals surface area contributed by atoms with E-state index in [1.165, 1.54) is 35.2 Å². The average Bonchev–Trinajstić information content (AvgIpc) is 1.46. The summed E-state index contributed by atoms with van der Waals surface area (Å²) < 4.78 is 124. The van der Waals surface area contributed by atoms with E-state index in [0.29, 0.717) is 16.6 Å². The zero-order valence-corrected chi connectivity index (χ0v) is 59.3. The molecule has 20 aromatic rings. The Balaban J connectivity index is 0.000000153. The summed E-state index contributed by atoms with van der Waals surface area (Å²) in [5.41, 5.74) is 8.96. The van der Waals surface area contributed by atoms with Gasteiger partial charge in [-0.05, 0) is 0 Å². The van der Waals surface area contributed by atoms with E-state index in [0.717, 1.165) is 71.6 Å². The van der Waals surface area contributed by atoms with Crippen LogP contribution in [0.4, 0.5) is 0 Å². The number of hydrogen-bond acceptors (Lipinski definition) is 0. The van der Waals surface area contributed by atoms with Crippen molar-refractivity contribution in [3.8, 4) is 22.7 Å². The predicted molar refractivity (Wildman–Crippen MR) is 437 cm³/mol. The Labute approximate surface area is 614 Å². The first-order valence-corrected chi connectivity index (χ1v) is 42.6. The zero-order chi connectivity index (χ0) is 78.0. The molecule has 102 heavy (non-hydrogen) atoms. The fourth-order valence-electron chi connectivity index (χ4n) is 16.3. The molecule has 0 unspecified atom stereocenters. The van der Waals surface area contributed by atoms with Crippen LogP contribution in [0, 0.1) is 0 Å². The maximum absolute atomic E-state index is 9.04. The van der Waals surface area contributed by atoms with Crippen molar-refractivity contribution in [2.45, 2.75) is 0 Å². The van der Waals surface area contributed by atoms with Crippen LogP contribution in [0.5, 0.6) is 0 Å². The molecule has 16 aromatic carbocycles. The molecular weight excluding hydrogens is 1350 g/mol. The Morgan fingerprint density at radius 1 is 0.167 bits per heavy atom. The van der Waals surface area contributed by atoms with Gasteiger partial charge in [0.05, 0.1) is 12.3 Å². The molecule has 0 aliphatic carbocycles. The van der Waals surface area contributed by atoms with E-state index in [9.17, 15) is 0 Å². The Morgan fingerprint density at radius 3 is 0.735 bits per heavy atom. The minimum atomic E-state index is -3.62. The predicted octanol–water partition coefficient (Wildman–Crippen LogP) is 18.5. The van der Waals surface area contributed by atoms with Crippen LogP contribution in [0.2, 0.25) is 0 Å². The van der Waals surface area contributed by atoms with Gasteiger partial charge < -0.3 is 0 Å². The number of para-hydroxylation sites is 6. The summed E-state index contributed by atoms with van der Waals surface area (Å²) >= 11 is -7.16. The number of nitrogens with zero attached hydrogens (tertiary/aromatic N) is 4. The van der Waals surface area contributed by atoms with E-state index in [-0.39, 0.29) is 70.1 Å². The molecule has 4 heterocycles. The molecule has 20 rings (SSSR count). The summed E-state index contributed by atoms with van der Waals surface area (Å²) in [6, 6.07) is 117. The Bertz CT molecular complexity index is 6990. The third kappa shape index (κ3) is 9.80. The van der Waals surface area contributed by atoms with E-state index < -0.39 is 50.7 Å². The Hall–Kier alpha value is -12.2. The summed E-state index contributed by atoms with van der Waals surface area (Å²) in [6.07, 6.45) is 0. The summed E-state index contributed by atoms with van der Waals surface area (Å²) in [5, 5.41) is 5.45. The fraction of sp³-hybridized carbons (Fsp3) is 0.